The second-order valence-corrected chi connectivity index (χ2v) is 6.36. The van der Waals surface area contributed by atoms with Gasteiger partial charge < -0.3 is 0 Å². The van der Waals surface area contributed by atoms with Crippen molar-refractivity contribution in [3.63, 3.8) is 0 Å². The molecular formula is C20H20N2. The van der Waals surface area contributed by atoms with Gasteiger partial charge in [-0.05, 0) is 29.9 Å². The van der Waals surface area contributed by atoms with Crippen LogP contribution in [0.5, 0.6) is 0 Å². The van der Waals surface area contributed by atoms with Gasteiger partial charge in [0.05, 0.1) is 11.4 Å². The summed E-state index contributed by atoms with van der Waals surface area (Å²) in [5.74, 6) is 0.564. The van der Waals surface area contributed by atoms with Crippen LogP contribution in [0.1, 0.15) is 36.5 Å². The maximum atomic E-state index is 4.62. The molecule has 1 aliphatic rings. The minimum absolute atomic E-state index is 0.564. The summed E-state index contributed by atoms with van der Waals surface area (Å²) in [7, 11) is 0. The summed E-state index contributed by atoms with van der Waals surface area (Å²) in [6, 6.07) is 17.5. The van der Waals surface area contributed by atoms with Crippen molar-refractivity contribution in [1.82, 2.24) is 10.2 Å². The van der Waals surface area contributed by atoms with Gasteiger partial charge in [0.1, 0.15) is 0 Å². The van der Waals surface area contributed by atoms with Gasteiger partial charge in [-0.1, -0.05) is 62.4 Å². The molecule has 2 heteroatoms. The first-order chi connectivity index (χ1) is 10.7. The maximum Gasteiger partial charge on any atom is 0.0959 e. The lowest BCUT2D eigenvalue weighted by Gasteiger charge is -2.16. The molecule has 0 amide bonds. The summed E-state index contributed by atoms with van der Waals surface area (Å²) in [5.41, 5.74) is 8.97. The van der Waals surface area contributed by atoms with E-state index in [0.717, 1.165) is 18.5 Å². The van der Waals surface area contributed by atoms with Crippen LogP contribution in [0, 0.1) is 0 Å². The van der Waals surface area contributed by atoms with Crippen LogP contribution in [0.3, 0.4) is 0 Å². The highest BCUT2D eigenvalue weighted by Crippen LogP contribution is 2.37. The van der Waals surface area contributed by atoms with Crippen LogP contribution in [0.15, 0.2) is 48.5 Å². The Hall–Kier alpha value is -2.35. The monoisotopic (exact) mass is 288 g/mol. The van der Waals surface area contributed by atoms with Crippen molar-refractivity contribution in [2.75, 3.05) is 0 Å². The quantitative estimate of drug-likeness (QED) is 0.709. The Balaban J connectivity index is 1.78. The summed E-state index contributed by atoms with van der Waals surface area (Å²) in [6.45, 7) is 4.45. The van der Waals surface area contributed by atoms with Gasteiger partial charge in [0.15, 0.2) is 0 Å². The van der Waals surface area contributed by atoms with Crippen molar-refractivity contribution in [2.45, 2.75) is 32.6 Å². The molecule has 0 fully saturated rings. The van der Waals surface area contributed by atoms with Crippen LogP contribution in [0.2, 0.25) is 0 Å². The number of rotatable bonds is 2. The molecule has 0 aliphatic heterocycles. The van der Waals surface area contributed by atoms with Crippen molar-refractivity contribution in [2.24, 2.45) is 0 Å². The Kier molecular flexibility index (Phi) is 3.11. The van der Waals surface area contributed by atoms with Gasteiger partial charge in [-0.3, -0.25) is 5.10 Å². The Bertz CT molecular complexity index is 810. The van der Waals surface area contributed by atoms with Crippen LogP contribution in [0.25, 0.3) is 22.5 Å². The predicted octanol–water partition coefficient (Wildman–Crippen LogP) is 4.97. The number of aromatic amines is 1. The van der Waals surface area contributed by atoms with Crippen molar-refractivity contribution >= 4 is 0 Å². The minimum Gasteiger partial charge on any atom is -0.277 e. The molecule has 1 N–H and O–H groups in total. The third-order valence-corrected chi connectivity index (χ3v) is 4.65. The van der Waals surface area contributed by atoms with Gasteiger partial charge in [0.25, 0.3) is 0 Å². The summed E-state index contributed by atoms with van der Waals surface area (Å²) < 4.78 is 0. The van der Waals surface area contributed by atoms with E-state index >= 15 is 0 Å². The Labute approximate surface area is 131 Å². The van der Waals surface area contributed by atoms with E-state index in [4.69, 9.17) is 0 Å². The first kappa shape index (κ1) is 13.3. The van der Waals surface area contributed by atoms with Gasteiger partial charge in [-0.15, -0.1) is 0 Å². The molecule has 0 saturated heterocycles. The SMILES string of the molecule is CC(C)c1ccc(-c2n[nH]c3c2CCc2ccccc2-3)cc1. The lowest BCUT2D eigenvalue weighted by atomic mass is 9.88. The van der Waals surface area contributed by atoms with Crippen molar-refractivity contribution in [1.29, 1.82) is 0 Å². The number of H-pyrrole nitrogens is 1. The van der Waals surface area contributed by atoms with E-state index in [2.05, 4.69) is 72.6 Å². The van der Waals surface area contributed by atoms with Crippen LogP contribution >= 0.6 is 0 Å². The number of nitrogens with one attached hydrogen (secondary N) is 1. The summed E-state index contributed by atoms with van der Waals surface area (Å²) >= 11 is 0. The number of aromatic nitrogens is 2. The smallest absolute Gasteiger partial charge is 0.0959 e. The van der Waals surface area contributed by atoms with Crippen molar-refractivity contribution in [3.8, 4) is 22.5 Å². The summed E-state index contributed by atoms with van der Waals surface area (Å²) in [4.78, 5) is 0. The molecule has 3 aromatic rings. The van der Waals surface area contributed by atoms with Gasteiger partial charge in [-0.2, -0.15) is 5.10 Å². The van der Waals surface area contributed by atoms with E-state index in [1.54, 1.807) is 0 Å². The fraction of sp³-hybridized carbons (Fsp3) is 0.250. The van der Waals surface area contributed by atoms with E-state index in [1.165, 1.54) is 33.5 Å². The zero-order valence-electron chi connectivity index (χ0n) is 13.1. The molecule has 4 rings (SSSR count). The molecule has 0 radical (unpaired) electrons. The second kappa shape index (κ2) is 5.13. The van der Waals surface area contributed by atoms with Crippen molar-refractivity contribution in [3.05, 3.63) is 65.2 Å². The molecule has 1 heterocycles. The molecule has 0 saturated carbocycles. The number of hydrogen-bond donors (Lipinski definition) is 1. The van der Waals surface area contributed by atoms with E-state index in [-0.39, 0.29) is 0 Å². The Morgan fingerprint density at radius 1 is 0.955 bits per heavy atom. The first-order valence-electron chi connectivity index (χ1n) is 8.00. The van der Waals surface area contributed by atoms with Gasteiger partial charge in [0, 0.05) is 16.7 Å². The standard InChI is InChI=1S/C20H20N2/c1-13(2)14-7-9-16(10-8-14)19-18-12-11-15-5-3-4-6-17(15)20(18)22-21-19/h3-10,13H,11-12H2,1-2H3,(H,21,22). The zero-order chi connectivity index (χ0) is 15.1. The topological polar surface area (TPSA) is 28.7 Å². The lowest BCUT2D eigenvalue weighted by Crippen LogP contribution is -2.03. The van der Waals surface area contributed by atoms with Crippen LogP contribution < -0.4 is 0 Å². The number of fused-ring (bicyclic) bond motifs is 3. The molecule has 22 heavy (non-hydrogen) atoms. The average Bonchev–Trinajstić information content (AvgIpc) is 2.99. The minimum atomic E-state index is 0.564. The van der Waals surface area contributed by atoms with Crippen LogP contribution in [-0.2, 0) is 12.8 Å². The first-order valence-corrected chi connectivity index (χ1v) is 8.00. The highest BCUT2D eigenvalue weighted by atomic mass is 15.1. The molecule has 1 aromatic heterocycles. The van der Waals surface area contributed by atoms with E-state index in [9.17, 15) is 0 Å². The average molecular weight is 288 g/mol. The van der Waals surface area contributed by atoms with E-state index < -0.39 is 0 Å². The molecule has 2 nitrogen and oxygen atoms in total. The normalized spacial score (nSPS) is 13.0. The highest BCUT2D eigenvalue weighted by molar-refractivity contribution is 5.77. The molecule has 0 atom stereocenters. The van der Waals surface area contributed by atoms with Gasteiger partial charge in [0.2, 0.25) is 0 Å². The van der Waals surface area contributed by atoms with Crippen molar-refractivity contribution < 1.29 is 0 Å². The number of hydrogen-bond acceptors (Lipinski definition) is 1. The van der Waals surface area contributed by atoms with Crippen LogP contribution in [-0.4, -0.2) is 10.2 Å². The largest absolute Gasteiger partial charge is 0.277 e. The fourth-order valence-corrected chi connectivity index (χ4v) is 3.34. The van der Waals surface area contributed by atoms with Gasteiger partial charge >= 0.3 is 0 Å². The molecule has 2 aromatic carbocycles. The summed E-state index contributed by atoms with van der Waals surface area (Å²) in [6.07, 6.45) is 2.16. The maximum absolute atomic E-state index is 4.62. The predicted molar refractivity (Wildman–Crippen MR) is 91.0 cm³/mol. The summed E-state index contributed by atoms with van der Waals surface area (Å²) in [5, 5.41) is 7.88. The number of aryl methyl sites for hydroxylation is 1. The van der Waals surface area contributed by atoms with Crippen LogP contribution in [0.4, 0.5) is 0 Å². The molecule has 0 spiro atoms. The molecular weight excluding hydrogens is 268 g/mol. The Morgan fingerprint density at radius 3 is 2.50 bits per heavy atom. The fourth-order valence-electron chi connectivity index (χ4n) is 3.34. The second-order valence-electron chi connectivity index (χ2n) is 6.36. The van der Waals surface area contributed by atoms with E-state index in [1.807, 2.05) is 0 Å². The zero-order valence-corrected chi connectivity index (χ0v) is 13.1. The highest BCUT2D eigenvalue weighted by Gasteiger charge is 2.22. The molecule has 0 unspecified atom stereocenters. The van der Waals surface area contributed by atoms with Gasteiger partial charge in [-0.25, -0.2) is 0 Å². The number of benzene rings is 2. The number of nitrogens with zero attached hydrogens (tertiary/aromatic N) is 1. The Morgan fingerprint density at radius 2 is 1.73 bits per heavy atom. The van der Waals surface area contributed by atoms with E-state index in [0.29, 0.717) is 5.92 Å². The third kappa shape index (κ3) is 2.07. The molecule has 110 valence electrons. The third-order valence-electron chi connectivity index (χ3n) is 4.65. The molecule has 1 aliphatic carbocycles. The lowest BCUT2D eigenvalue weighted by molar-refractivity contribution is 0.867. The molecule has 0 bridgehead atoms.